The summed E-state index contributed by atoms with van der Waals surface area (Å²) in [5, 5.41) is 10.9. The van der Waals surface area contributed by atoms with Crippen molar-refractivity contribution in [1.82, 2.24) is 0 Å². The fourth-order valence-electron chi connectivity index (χ4n) is 2.82. The molecule has 0 radical (unpaired) electrons. The molecule has 0 aliphatic heterocycles. The van der Waals surface area contributed by atoms with Crippen LogP contribution in [0.5, 0.6) is 5.75 Å². The minimum Gasteiger partial charge on any atom is -0.497 e. The van der Waals surface area contributed by atoms with Crippen molar-refractivity contribution < 1.29 is 14.5 Å². The molecule has 0 saturated carbocycles. The molecule has 0 N–H and O–H groups in total. The van der Waals surface area contributed by atoms with Gasteiger partial charge in [0.1, 0.15) is 5.75 Å². The van der Waals surface area contributed by atoms with Gasteiger partial charge >= 0.3 is 0 Å². The Morgan fingerprint density at radius 2 is 1.79 bits per heavy atom. The van der Waals surface area contributed by atoms with Crippen LogP contribution >= 0.6 is 11.8 Å². The Morgan fingerprint density at radius 1 is 1.04 bits per heavy atom. The van der Waals surface area contributed by atoms with Crippen LogP contribution in [-0.4, -0.2) is 17.8 Å². The number of ether oxygens (including phenoxy) is 1. The van der Waals surface area contributed by atoms with E-state index in [2.05, 4.69) is 0 Å². The van der Waals surface area contributed by atoms with E-state index < -0.39 is 4.92 Å². The van der Waals surface area contributed by atoms with E-state index in [4.69, 9.17) is 4.74 Å². The number of nitrogens with zero attached hydrogens (tertiary/aromatic N) is 1. The molecule has 0 aliphatic carbocycles. The van der Waals surface area contributed by atoms with Crippen molar-refractivity contribution in [1.29, 1.82) is 0 Å². The number of carbonyl (C=O) groups is 1. The lowest BCUT2D eigenvalue weighted by molar-refractivity contribution is -0.384. The van der Waals surface area contributed by atoms with Crippen LogP contribution in [0.15, 0.2) is 83.8 Å². The molecule has 1 atom stereocenters. The number of hydrogen-bond donors (Lipinski definition) is 0. The van der Waals surface area contributed by atoms with Crippen LogP contribution in [0.2, 0.25) is 0 Å². The number of rotatable bonds is 8. The van der Waals surface area contributed by atoms with E-state index >= 15 is 0 Å². The lowest BCUT2D eigenvalue weighted by Crippen LogP contribution is -2.06. The summed E-state index contributed by atoms with van der Waals surface area (Å²) < 4.78 is 5.27. The zero-order chi connectivity index (χ0) is 19.9. The quantitative estimate of drug-likeness (QED) is 0.212. The number of carbonyl (C=O) groups excluding carboxylic acids is 1. The Kier molecular flexibility index (Phi) is 6.45. The van der Waals surface area contributed by atoms with E-state index in [1.807, 2.05) is 48.5 Å². The normalized spacial score (nSPS) is 11.6. The van der Waals surface area contributed by atoms with Gasteiger partial charge in [-0.05, 0) is 23.8 Å². The smallest absolute Gasteiger partial charge is 0.269 e. The summed E-state index contributed by atoms with van der Waals surface area (Å²) in [5.74, 6) is 0.713. The first-order valence-corrected chi connectivity index (χ1v) is 9.58. The van der Waals surface area contributed by atoms with Gasteiger partial charge in [-0.15, -0.1) is 11.8 Å². The first-order valence-electron chi connectivity index (χ1n) is 8.70. The summed E-state index contributed by atoms with van der Waals surface area (Å²) in [5.41, 5.74) is 1.39. The van der Waals surface area contributed by atoms with Crippen LogP contribution in [0.3, 0.4) is 0 Å². The number of nitro benzene ring substituents is 1. The molecule has 3 aromatic carbocycles. The lowest BCUT2D eigenvalue weighted by Gasteiger charge is -2.17. The van der Waals surface area contributed by atoms with Gasteiger partial charge in [0.25, 0.3) is 5.69 Å². The van der Waals surface area contributed by atoms with Gasteiger partial charge in [0, 0.05) is 34.3 Å². The SMILES string of the molecule is COc1cccc(SC(CC(=O)c2ccccc2)c2cccc([N+](=O)[O-])c2)c1. The topological polar surface area (TPSA) is 69.4 Å². The summed E-state index contributed by atoms with van der Waals surface area (Å²) in [6.07, 6.45) is 0.229. The number of thioether (sulfide) groups is 1. The van der Waals surface area contributed by atoms with Crippen molar-refractivity contribution >= 4 is 23.2 Å². The molecule has 3 aromatic rings. The molecular weight excluding hydrogens is 374 g/mol. The lowest BCUT2D eigenvalue weighted by atomic mass is 10.0. The second-order valence-electron chi connectivity index (χ2n) is 6.13. The summed E-state index contributed by atoms with van der Waals surface area (Å²) >= 11 is 1.49. The largest absolute Gasteiger partial charge is 0.497 e. The van der Waals surface area contributed by atoms with Crippen LogP contribution in [-0.2, 0) is 0 Å². The zero-order valence-electron chi connectivity index (χ0n) is 15.3. The summed E-state index contributed by atoms with van der Waals surface area (Å²) in [4.78, 5) is 24.5. The number of methoxy groups -OCH3 is 1. The molecule has 0 bridgehead atoms. The summed E-state index contributed by atoms with van der Waals surface area (Å²) in [7, 11) is 1.60. The van der Waals surface area contributed by atoms with Gasteiger partial charge in [0.05, 0.1) is 12.0 Å². The molecule has 0 aromatic heterocycles. The number of non-ortho nitro benzene ring substituents is 1. The molecule has 0 aliphatic rings. The van der Waals surface area contributed by atoms with Gasteiger partial charge in [-0.1, -0.05) is 48.5 Å². The van der Waals surface area contributed by atoms with Crippen LogP contribution in [0, 0.1) is 10.1 Å². The maximum Gasteiger partial charge on any atom is 0.269 e. The van der Waals surface area contributed by atoms with Gasteiger partial charge < -0.3 is 4.74 Å². The number of hydrogen-bond acceptors (Lipinski definition) is 5. The Labute approximate surface area is 167 Å². The second-order valence-corrected chi connectivity index (χ2v) is 7.41. The van der Waals surface area contributed by atoms with Crippen molar-refractivity contribution in [3.8, 4) is 5.75 Å². The highest BCUT2D eigenvalue weighted by molar-refractivity contribution is 7.99. The van der Waals surface area contributed by atoms with Crippen LogP contribution in [0.1, 0.15) is 27.6 Å². The predicted molar refractivity (Wildman–Crippen MR) is 110 cm³/mol. The Balaban J connectivity index is 1.92. The first kappa shape index (κ1) is 19.6. The highest BCUT2D eigenvalue weighted by Gasteiger charge is 2.21. The minimum absolute atomic E-state index is 0.00694. The average molecular weight is 393 g/mol. The summed E-state index contributed by atoms with van der Waals surface area (Å²) in [6.45, 7) is 0. The third-order valence-corrected chi connectivity index (χ3v) is 5.49. The third kappa shape index (κ3) is 4.98. The highest BCUT2D eigenvalue weighted by atomic mass is 32.2. The Bertz CT molecular complexity index is 975. The summed E-state index contributed by atoms with van der Waals surface area (Å²) in [6, 6.07) is 23.1. The predicted octanol–water partition coefficient (Wildman–Crippen LogP) is 5.71. The standard InChI is InChI=1S/C22H19NO4S/c1-27-19-11-6-12-20(14-19)28-22(15-21(24)16-7-3-2-4-8-16)17-9-5-10-18(13-17)23(25)26/h2-14,22H,15H2,1H3. The van der Waals surface area contributed by atoms with E-state index in [1.54, 1.807) is 25.3 Å². The second kappa shape index (κ2) is 9.19. The van der Waals surface area contributed by atoms with E-state index in [-0.39, 0.29) is 23.1 Å². The van der Waals surface area contributed by atoms with Crippen molar-refractivity contribution in [2.45, 2.75) is 16.6 Å². The number of Topliss-reactive ketones (excluding diaryl/α,β-unsaturated/α-hetero) is 1. The molecular formula is C22H19NO4S. The van der Waals surface area contributed by atoms with Gasteiger partial charge in [-0.3, -0.25) is 14.9 Å². The molecule has 0 amide bonds. The molecule has 142 valence electrons. The number of benzene rings is 3. The first-order chi connectivity index (χ1) is 13.6. The number of ketones is 1. The molecule has 3 rings (SSSR count). The van der Waals surface area contributed by atoms with Gasteiger partial charge in [-0.2, -0.15) is 0 Å². The van der Waals surface area contributed by atoms with Gasteiger partial charge in [-0.25, -0.2) is 0 Å². The molecule has 1 unspecified atom stereocenters. The molecule has 28 heavy (non-hydrogen) atoms. The van der Waals surface area contributed by atoms with E-state index in [0.717, 1.165) is 16.2 Å². The monoisotopic (exact) mass is 393 g/mol. The molecule has 0 saturated heterocycles. The van der Waals surface area contributed by atoms with E-state index in [0.29, 0.717) is 5.56 Å². The fourth-order valence-corrected chi connectivity index (χ4v) is 4.00. The van der Waals surface area contributed by atoms with E-state index in [9.17, 15) is 14.9 Å². The maximum absolute atomic E-state index is 12.8. The van der Waals surface area contributed by atoms with Gasteiger partial charge in [0.2, 0.25) is 0 Å². The Morgan fingerprint density at radius 3 is 2.50 bits per heavy atom. The minimum atomic E-state index is -0.421. The van der Waals surface area contributed by atoms with Crippen LogP contribution in [0.25, 0.3) is 0 Å². The Hall–Kier alpha value is -3.12. The molecule has 0 fully saturated rings. The van der Waals surface area contributed by atoms with Crippen molar-refractivity contribution in [2.24, 2.45) is 0 Å². The zero-order valence-corrected chi connectivity index (χ0v) is 16.1. The maximum atomic E-state index is 12.8. The molecule has 0 spiro atoms. The van der Waals surface area contributed by atoms with Crippen LogP contribution in [0.4, 0.5) is 5.69 Å². The fraction of sp³-hybridized carbons (Fsp3) is 0.136. The van der Waals surface area contributed by atoms with Crippen LogP contribution < -0.4 is 4.74 Å². The van der Waals surface area contributed by atoms with E-state index in [1.165, 1.54) is 23.9 Å². The van der Waals surface area contributed by atoms with Crippen molar-refractivity contribution in [3.63, 3.8) is 0 Å². The number of nitro groups is 1. The van der Waals surface area contributed by atoms with Gasteiger partial charge in [0.15, 0.2) is 5.78 Å². The third-order valence-electron chi connectivity index (χ3n) is 4.24. The highest BCUT2D eigenvalue weighted by Crippen LogP contribution is 2.40. The van der Waals surface area contributed by atoms with Crippen molar-refractivity contribution in [2.75, 3.05) is 7.11 Å². The molecule has 5 nitrogen and oxygen atoms in total. The molecule has 6 heteroatoms. The average Bonchev–Trinajstić information content (AvgIpc) is 2.74. The molecule has 0 heterocycles. The van der Waals surface area contributed by atoms with Crippen molar-refractivity contribution in [3.05, 3.63) is 100 Å².